The van der Waals surface area contributed by atoms with Gasteiger partial charge in [0.1, 0.15) is 5.01 Å². The number of benzene rings is 3. The molecule has 106 valence electrons. The molecule has 0 amide bonds. The molecule has 3 aromatic carbocycles. The van der Waals surface area contributed by atoms with Gasteiger partial charge >= 0.3 is 0 Å². The molecule has 1 aromatic heterocycles. The van der Waals surface area contributed by atoms with Crippen LogP contribution in [0.4, 0.5) is 0 Å². The maximum Gasteiger partial charge on any atom is 0.124 e. The minimum Gasteiger partial charge on any atom is -0.236 e. The van der Waals surface area contributed by atoms with Crippen molar-refractivity contribution in [1.29, 1.82) is 0 Å². The zero-order valence-corrected chi connectivity index (χ0v) is 14.1. The van der Waals surface area contributed by atoms with E-state index in [9.17, 15) is 0 Å². The van der Waals surface area contributed by atoms with Gasteiger partial charge < -0.3 is 0 Å². The van der Waals surface area contributed by atoms with E-state index < -0.39 is 0 Å². The fraction of sp³-hybridized carbons (Fsp3) is 0. The van der Waals surface area contributed by atoms with Crippen LogP contribution >= 0.6 is 27.3 Å². The highest BCUT2D eigenvalue weighted by Crippen LogP contribution is 2.32. The molecule has 0 saturated heterocycles. The van der Waals surface area contributed by atoms with Gasteiger partial charge in [0.05, 0.1) is 10.2 Å². The highest BCUT2D eigenvalue weighted by Gasteiger charge is 2.07. The van der Waals surface area contributed by atoms with E-state index in [-0.39, 0.29) is 0 Å². The molecule has 0 unspecified atom stereocenters. The number of rotatable bonds is 2. The average Bonchev–Trinajstić information content (AvgIpc) is 2.99. The molecule has 0 spiro atoms. The van der Waals surface area contributed by atoms with Crippen molar-refractivity contribution in [1.82, 2.24) is 4.98 Å². The molecule has 3 heteroatoms. The highest BCUT2D eigenvalue weighted by molar-refractivity contribution is 9.10. The zero-order chi connectivity index (χ0) is 14.9. The topological polar surface area (TPSA) is 12.9 Å². The molecule has 0 fully saturated rings. The average molecular weight is 366 g/mol. The van der Waals surface area contributed by atoms with Crippen LogP contribution in [0.2, 0.25) is 0 Å². The Kier molecular flexibility index (Phi) is 3.53. The molecule has 0 radical (unpaired) electrons. The lowest BCUT2D eigenvalue weighted by Crippen LogP contribution is -1.79. The minimum atomic E-state index is 1.05. The number of thiazole rings is 1. The van der Waals surface area contributed by atoms with Gasteiger partial charge in [-0.25, -0.2) is 4.98 Å². The van der Waals surface area contributed by atoms with E-state index in [0.29, 0.717) is 0 Å². The van der Waals surface area contributed by atoms with Gasteiger partial charge in [-0.05, 0) is 29.3 Å². The molecule has 1 heterocycles. The van der Waals surface area contributed by atoms with Crippen LogP contribution in [0.3, 0.4) is 0 Å². The molecular weight excluding hydrogens is 354 g/mol. The van der Waals surface area contributed by atoms with E-state index in [1.807, 2.05) is 12.1 Å². The fourth-order valence-corrected chi connectivity index (χ4v) is 3.98. The molecule has 22 heavy (non-hydrogen) atoms. The zero-order valence-electron chi connectivity index (χ0n) is 11.7. The lowest BCUT2D eigenvalue weighted by atomic mass is 10.0. The van der Waals surface area contributed by atoms with E-state index >= 15 is 0 Å². The largest absolute Gasteiger partial charge is 0.236 e. The van der Waals surface area contributed by atoms with Gasteiger partial charge in [-0.1, -0.05) is 70.5 Å². The molecule has 0 saturated carbocycles. The summed E-state index contributed by atoms with van der Waals surface area (Å²) in [7, 11) is 0. The van der Waals surface area contributed by atoms with E-state index in [0.717, 1.165) is 20.6 Å². The van der Waals surface area contributed by atoms with Crippen molar-refractivity contribution in [3.63, 3.8) is 0 Å². The number of fused-ring (bicyclic) bond motifs is 1. The van der Waals surface area contributed by atoms with Gasteiger partial charge in [0.15, 0.2) is 0 Å². The molecule has 0 aliphatic heterocycles. The van der Waals surface area contributed by atoms with Crippen LogP contribution < -0.4 is 0 Å². The third kappa shape index (κ3) is 2.58. The Bertz CT molecular complexity index is 927. The summed E-state index contributed by atoms with van der Waals surface area (Å²) in [6.07, 6.45) is 0. The second kappa shape index (κ2) is 5.67. The summed E-state index contributed by atoms with van der Waals surface area (Å²) < 4.78 is 2.30. The van der Waals surface area contributed by atoms with Crippen molar-refractivity contribution in [2.75, 3.05) is 0 Å². The lowest BCUT2D eigenvalue weighted by molar-refractivity contribution is 1.47. The summed E-state index contributed by atoms with van der Waals surface area (Å²) in [4.78, 5) is 4.72. The van der Waals surface area contributed by atoms with Crippen LogP contribution in [0.5, 0.6) is 0 Å². The maximum atomic E-state index is 4.72. The van der Waals surface area contributed by atoms with Crippen LogP contribution in [-0.2, 0) is 0 Å². The second-order valence-corrected chi connectivity index (χ2v) is 7.02. The number of hydrogen-bond acceptors (Lipinski definition) is 2. The normalized spacial score (nSPS) is 11.0. The number of halogens is 1. The standard InChI is InChI=1S/C19H12BrNS/c20-16-10-11-17-18(12-16)22-19(21-17)15-8-6-14(7-9-15)13-4-2-1-3-5-13/h1-12H. The summed E-state index contributed by atoms with van der Waals surface area (Å²) in [6.45, 7) is 0. The predicted octanol–water partition coefficient (Wildman–Crippen LogP) is 6.39. The molecule has 4 aromatic rings. The Morgan fingerprint density at radius 3 is 2.18 bits per heavy atom. The summed E-state index contributed by atoms with van der Waals surface area (Å²) in [5, 5.41) is 1.06. The van der Waals surface area contributed by atoms with Gasteiger partial charge in [-0.15, -0.1) is 11.3 Å². The van der Waals surface area contributed by atoms with Crippen molar-refractivity contribution in [3.8, 4) is 21.7 Å². The first-order valence-electron chi connectivity index (χ1n) is 7.01. The highest BCUT2D eigenvalue weighted by atomic mass is 79.9. The minimum absolute atomic E-state index is 1.05. The van der Waals surface area contributed by atoms with Crippen LogP contribution in [0.25, 0.3) is 31.9 Å². The van der Waals surface area contributed by atoms with E-state index in [1.165, 1.54) is 15.8 Å². The van der Waals surface area contributed by atoms with Crippen molar-refractivity contribution in [3.05, 3.63) is 77.3 Å². The van der Waals surface area contributed by atoms with Crippen molar-refractivity contribution >= 4 is 37.5 Å². The van der Waals surface area contributed by atoms with Gasteiger partial charge in [-0.3, -0.25) is 0 Å². The first-order valence-corrected chi connectivity index (χ1v) is 8.62. The summed E-state index contributed by atoms with van der Waals surface area (Å²) in [5.41, 5.74) is 4.68. The van der Waals surface area contributed by atoms with Gasteiger partial charge in [0, 0.05) is 10.0 Å². The third-order valence-electron chi connectivity index (χ3n) is 3.59. The van der Waals surface area contributed by atoms with Crippen LogP contribution in [0.1, 0.15) is 0 Å². The number of hydrogen-bond donors (Lipinski definition) is 0. The Hall–Kier alpha value is -1.97. The predicted molar refractivity (Wildman–Crippen MR) is 98.2 cm³/mol. The Labute approximate surface area is 141 Å². The summed E-state index contributed by atoms with van der Waals surface area (Å²) in [6, 6.07) is 25.2. The first-order chi connectivity index (χ1) is 10.8. The SMILES string of the molecule is Brc1ccc2nc(-c3ccc(-c4ccccc4)cc3)sc2c1. The number of nitrogens with zero attached hydrogens (tertiary/aromatic N) is 1. The van der Waals surface area contributed by atoms with E-state index in [4.69, 9.17) is 4.98 Å². The van der Waals surface area contributed by atoms with Crippen molar-refractivity contribution in [2.24, 2.45) is 0 Å². The van der Waals surface area contributed by atoms with Crippen LogP contribution in [-0.4, -0.2) is 4.98 Å². The van der Waals surface area contributed by atoms with Crippen LogP contribution in [0.15, 0.2) is 77.3 Å². The maximum absolute atomic E-state index is 4.72. The monoisotopic (exact) mass is 365 g/mol. The molecule has 0 N–H and O–H groups in total. The smallest absolute Gasteiger partial charge is 0.124 e. The summed E-state index contributed by atoms with van der Waals surface area (Å²) >= 11 is 5.24. The molecular formula is C19H12BrNS. The molecule has 4 rings (SSSR count). The molecule has 0 aliphatic carbocycles. The fourth-order valence-electron chi connectivity index (χ4n) is 2.46. The first kappa shape index (κ1) is 13.7. The quantitative estimate of drug-likeness (QED) is 0.400. The Balaban J connectivity index is 1.73. The Morgan fingerprint density at radius 1 is 0.727 bits per heavy atom. The number of aromatic nitrogens is 1. The van der Waals surface area contributed by atoms with E-state index in [2.05, 4.69) is 76.6 Å². The van der Waals surface area contributed by atoms with E-state index in [1.54, 1.807) is 11.3 Å². The molecule has 0 bridgehead atoms. The summed E-state index contributed by atoms with van der Waals surface area (Å²) in [5.74, 6) is 0. The van der Waals surface area contributed by atoms with Crippen LogP contribution in [0, 0.1) is 0 Å². The third-order valence-corrected chi connectivity index (χ3v) is 5.15. The van der Waals surface area contributed by atoms with Gasteiger partial charge in [0.2, 0.25) is 0 Å². The van der Waals surface area contributed by atoms with Crippen molar-refractivity contribution < 1.29 is 0 Å². The molecule has 0 aliphatic rings. The molecule has 0 atom stereocenters. The second-order valence-electron chi connectivity index (χ2n) is 5.07. The Morgan fingerprint density at radius 2 is 1.41 bits per heavy atom. The van der Waals surface area contributed by atoms with Gasteiger partial charge in [0.25, 0.3) is 0 Å². The van der Waals surface area contributed by atoms with Crippen molar-refractivity contribution in [2.45, 2.75) is 0 Å². The van der Waals surface area contributed by atoms with Gasteiger partial charge in [-0.2, -0.15) is 0 Å². The lowest BCUT2D eigenvalue weighted by Gasteiger charge is -2.02. The molecule has 1 nitrogen and oxygen atoms in total.